The van der Waals surface area contributed by atoms with Gasteiger partial charge in [-0.05, 0) is 25.9 Å². The first-order chi connectivity index (χ1) is 7.66. The first-order valence-electron chi connectivity index (χ1n) is 6.07. The molecule has 0 radical (unpaired) electrons. The van der Waals surface area contributed by atoms with Crippen molar-refractivity contribution < 1.29 is 13.5 Å². The average Bonchev–Trinajstić information content (AvgIpc) is 2.27. The Hall–Kier alpha value is -0.260. The SMILES string of the molecule is FC1(F)CCCN(CCC2COCCN2)C1. The Labute approximate surface area is 95.1 Å². The summed E-state index contributed by atoms with van der Waals surface area (Å²) >= 11 is 0. The Kier molecular flexibility index (Phi) is 4.10. The van der Waals surface area contributed by atoms with Crippen LogP contribution in [0.15, 0.2) is 0 Å². The van der Waals surface area contributed by atoms with Gasteiger partial charge in [0, 0.05) is 19.0 Å². The maximum Gasteiger partial charge on any atom is 0.260 e. The van der Waals surface area contributed by atoms with Gasteiger partial charge in [0.15, 0.2) is 0 Å². The number of likely N-dealkylation sites (tertiary alicyclic amines) is 1. The fourth-order valence-corrected chi connectivity index (χ4v) is 2.38. The van der Waals surface area contributed by atoms with Gasteiger partial charge in [-0.15, -0.1) is 0 Å². The van der Waals surface area contributed by atoms with Crippen molar-refractivity contribution in [2.45, 2.75) is 31.2 Å². The quantitative estimate of drug-likeness (QED) is 0.791. The molecule has 0 aromatic heterocycles. The van der Waals surface area contributed by atoms with Gasteiger partial charge in [0.2, 0.25) is 0 Å². The van der Waals surface area contributed by atoms with Crippen LogP contribution in [0, 0.1) is 0 Å². The van der Waals surface area contributed by atoms with E-state index in [1.165, 1.54) is 0 Å². The van der Waals surface area contributed by atoms with Gasteiger partial charge in [0.1, 0.15) is 0 Å². The molecule has 1 N–H and O–H groups in total. The third kappa shape index (κ3) is 3.64. The van der Waals surface area contributed by atoms with E-state index >= 15 is 0 Å². The molecule has 2 aliphatic heterocycles. The minimum absolute atomic E-state index is 0.0499. The van der Waals surface area contributed by atoms with Gasteiger partial charge in [-0.25, -0.2) is 8.78 Å². The lowest BCUT2D eigenvalue weighted by Crippen LogP contribution is -2.46. The van der Waals surface area contributed by atoms with E-state index in [4.69, 9.17) is 4.74 Å². The number of ether oxygens (including phenoxy) is 1. The summed E-state index contributed by atoms with van der Waals surface area (Å²) in [7, 11) is 0. The molecule has 16 heavy (non-hydrogen) atoms. The maximum absolute atomic E-state index is 13.1. The molecule has 0 aliphatic carbocycles. The third-order valence-electron chi connectivity index (χ3n) is 3.26. The third-order valence-corrected chi connectivity index (χ3v) is 3.26. The number of nitrogens with zero attached hydrogens (tertiary/aromatic N) is 1. The zero-order valence-corrected chi connectivity index (χ0v) is 9.55. The topological polar surface area (TPSA) is 24.5 Å². The summed E-state index contributed by atoms with van der Waals surface area (Å²) in [5.41, 5.74) is 0. The molecule has 0 aromatic rings. The van der Waals surface area contributed by atoms with E-state index in [1.807, 2.05) is 4.90 Å². The van der Waals surface area contributed by atoms with Crippen molar-refractivity contribution in [3.63, 3.8) is 0 Å². The highest BCUT2D eigenvalue weighted by atomic mass is 19.3. The Bertz CT molecular complexity index is 220. The normalized spacial score (nSPS) is 31.5. The van der Waals surface area contributed by atoms with E-state index in [-0.39, 0.29) is 13.0 Å². The van der Waals surface area contributed by atoms with Crippen LogP contribution in [0.25, 0.3) is 0 Å². The second kappa shape index (κ2) is 5.38. The Morgan fingerprint density at radius 2 is 2.31 bits per heavy atom. The number of hydrogen-bond donors (Lipinski definition) is 1. The van der Waals surface area contributed by atoms with Crippen LogP contribution in [0.1, 0.15) is 19.3 Å². The standard InChI is InChI=1S/C11H20F2N2O/c12-11(13)3-1-5-15(9-11)6-2-10-8-16-7-4-14-10/h10,14H,1-9H2. The van der Waals surface area contributed by atoms with Gasteiger partial charge in [-0.1, -0.05) is 0 Å². The highest BCUT2D eigenvalue weighted by Crippen LogP contribution is 2.26. The molecule has 94 valence electrons. The summed E-state index contributed by atoms with van der Waals surface area (Å²) in [6, 6.07) is 0.337. The van der Waals surface area contributed by atoms with E-state index in [2.05, 4.69) is 5.32 Å². The number of morpholine rings is 1. The number of nitrogens with one attached hydrogen (secondary N) is 1. The predicted molar refractivity (Wildman–Crippen MR) is 57.8 cm³/mol. The van der Waals surface area contributed by atoms with Crippen LogP contribution in [0.2, 0.25) is 0 Å². The largest absolute Gasteiger partial charge is 0.379 e. The molecule has 1 atom stereocenters. The lowest BCUT2D eigenvalue weighted by Gasteiger charge is -2.34. The molecule has 3 nitrogen and oxygen atoms in total. The molecule has 2 rings (SSSR count). The second-order valence-corrected chi connectivity index (χ2v) is 4.75. The predicted octanol–water partition coefficient (Wildman–Crippen LogP) is 1.10. The molecular formula is C11H20F2N2O. The second-order valence-electron chi connectivity index (χ2n) is 4.75. The van der Waals surface area contributed by atoms with E-state index in [9.17, 15) is 8.78 Å². The van der Waals surface area contributed by atoms with Gasteiger partial charge in [0.05, 0.1) is 19.8 Å². The summed E-state index contributed by atoms with van der Waals surface area (Å²) in [5, 5.41) is 3.34. The zero-order valence-electron chi connectivity index (χ0n) is 9.55. The lowest BCUT2D eigenvalue weighted by molar-refractivity contribution is -0.0652. The number of piperidine rings is 1. The number of alkyl halides is 2. The van der Waals surface area contributed by atoms with Crippen molar-refractivity contribution >= 4 is 0 Å². The number of rotatable bonds is 3. The molecule has 2 aliphatic rings. The summed E-state index contributed by atoms with van der Waals surface area (Å²) in [6.07, 6.45) is 1.56. The molecule has 1 unspecified atom stereocenters. The fraction of sp³-hybridized carbons (Fsp3) is 1.00. The van der Waals surface area contributed by atoms with Crippen molar-refractivity contribution in [3.05, 3.63) is 0 Å². The molecule has 5 heteroatoms. The molecule has 2 saturated heterocycles. The van der Waals surface area contributed by atoms with Crippen LogP contribution >= 0.6 is 0 Å². The van der Waals surface area contributed by atoms with Crippen LogP contribution in [-0.2, 0) is 4.74 Å². The Morgan fingerprint density at radius 1 is 1.44 bits per heavy atom. The van der Waals surface area contributed by atoms with Gasteiger partial charge < -0.3 is 10.1 Å². The van der Waals surface area contributed by atoms with Gasteiger partial charge >= 0.3 is 0 Å². The molecule has 0 bridgehead atoms. The van der Waals surface area contributed by atoms with Crippen molar-refractivity contribution in [3.8, 4) is 0 Å². The first-order valence-corrected chi connectivity index (χ1v) is 6.07. The molecule has 0 amide bonds. The monoisotopic (exact) mass is 234 g/mol. The molecular weight excluding hydrogens is 214 g/mol. The van der Waals surface area contributed by atoms with Crippen LogP contribution < -0.4 is 5.32 Å². The minimum Gasteiger partial charge on any atom is -0.379 e. The molecule has 2 heterocycles. The van der Waals surface area contributed by atoms with Crippen LogP contribution in [-0.4, -0.2) is 56.3 Å². The first kappa shape index (κ1) is 12.2. The van der Waals surface area contributed by atoms with Crippen molar-refractivity contribution in [1.82, 2.24) is 10.2 Å². The number of hydrogen-bond acceptors (Lipinski definition) is 3. The van der Waals surface area contributed by atoms with Gasteiger partial charge in [-0.2, -0.15) is 0 Å². The minimum atomic E-state index is -2.48. The summed E-state index contributed by atoms with van der Waals surface area (Å²) < 4.78 is 31.6. The van der Waals surface area contributed by atoms with Crippen molar-refractivity contribution in [2.75, 3.05) is 39.4 Å². The van der Waals surface area contributed by atoms with E-state index in [0.29, 0.717) is 19.1 Å². The van der Waals surface area contributed by atoms with Crippen LogP contribution in [0.3, 0.4) is 0 Å². The Morgan fingerprint density at radius 3 is 3.00 bits per heavy atom. The van der Waals surface area contributed by atoms with E-state index in [1.54, 1.807) is 0 Å². The van der Waals surface area contributed by atoms with Crippen LogP contribution in [0.4, 0.5) is 8.78 Å². The highest BCUT2D eigenvalue weighted by molar-refractivity contribution is 4.80. The van der Waals surface area contributed by atoms with Crippen molar-refractivity contribution in [1.29, 1.82) is 0 Å². The van der Waals surface area contributed by atoms with Crippen LogP contribution in [0.5, 0.6) is 0 Å². The van der Waals surface area contributed by atoms with Gasteiger partial charge in [0.25, 0.3) is 5.92 Å². The molecule has 0 aromatic carbocycles. The summed E-state index contributed by atoms with van der Waals surface area (Å²) in [4.78, 5) is 1.87. The van der Waals surface area contributed by atoms with E-state index < -0.39 is 5.92 Å². The maximum atomic E-state index is 13.1. The Balaban J connectivity index is 1.68. The van der Waals surface area contributed by atoms with Crippen molar-refractivity contribution in [2.24, 2.45) is 0 Å². The summed E-state index contributed by atoms with van der Waals surface area (Å²) in [6.45, 7) is 3.84. The van der Waals surface area contributed by atoms with Gasteiger partial charge in [-0.3, -0.25) is 4.90 Å². The summed E-state index contributed by atoms with van der Waals surface area (Å²) in [5.74, 6) is -2.48. The molecule has 0 spiro atoms. The average molecular weight is 234 g/mol. The lowest BCUT2D eigenvalue weighted by atomic mass is 10.1. The number of halogens is 2. The molecule has 0 saturated carbocycles. The smallest absolute Gasteiger partial charge is 0.260 e. The zero-order chi connectivity index (χ0) is 11.4. The van der Waals surface area contributed by atoms with E-state index in [0.717, 1.165) is 32.7 Å². The molecule has 2 fully saturated rings. The fourth-order valence-electron chi connectivity index (χ4n) is 2.38. The highest BCUT2D eigenvalue weighted by Gasteiger charge is 2.34.